The normalized spacial score (nSPS) is 11.8. The van der Waals surface area contributed by atoms with Gasteiger partial charge in [-0.2, -0.15) is 5.10 Å². The summed E-state index contributed by atoms with van der Waals surface area (Å²) in [4.78, 5) is 3.87. The third-order valence-electron chi connectivity index (χ3n) is 5.11. The summed E-state index contributed by atoms with van der Waals surface area (Å²) in [7, 11) is -7.93. The molecule has 0 radical (unpaired) electrons. The number of para-hydroxylation sites is 1. The Morgan fingerprint density at radius 2 is 1.42 bits per heavy atom. The van der Waals surface area contributed by atoms with Gasteiger partial charge in [-0.15, -0.1) is 11.3 Å². The van der Waals surface area contributed by atoms with Crippen molar-refractivity contribution in [1.29, 1.82) is 0 Å². The minimum absolute atomic E-state index is 0.0142. The lowest BCUT2D eigenvalue weighted by Crippen LogP contribution is -2.15. The van der Waals surface area contributed by atoms with E-state index in [2.05, 4.69) is 19.5 Å². The highest BCUT2D eigenvalue weighted by Crippen LogP contribution is 2.29. The van der Waals surface area contributed by atoms with E-state index in [9.17, 15) is 16.8 Å². The van der Waals surface area contributed by atoms with Crippen LogP contribution >= 0.6 is 11.3 Å². The van der Waals surface area contributed by atoms with E-state index in [-0.39, 0.29) is 20.6 Å². The van der Waals surface area contributed by atoms with E-state index in [1.54, 1.807) is 29.6 Å². The van der Waals surface area contributed by atoms with Crippen LogP contribution in [0.2, 0.25) is 0 Å². The zero-order valence-electron chi connectivity index (χ0n) is 18.5. The summed E-state index contributed by atoms with van der Waals surface area (Å²) in [5, 5.41) is 6.44. The van der Waals surface area contributed by atoms with Gasteiger partial charge in [0.05, 0.1) is 16.8 Å². The van der Waals surface area contributed by atoms with Crippen molar-refractivity contribution >= 4 is 42.2 Å². The van der Waals surface area contributed by atoms with Gasteiger partial charge in [0, 0.05) is 22.8 Å². The zero-order chi connectivity index (χ0) is 25.2. The molecule has 0 saturated heterocycles. The summed E-state index contributed by atoms with van der Waals surface area (Å²) in [5.41, 5.74) is 1.84. The van der Waals surface area contributed by atoms with Crippen LogP contribution in [0.15, 0.2) is 112 Å². The number of sulfonamides is 2. The Morgan fingerprint density at radius 1 is 0.750 bits per heavy atom. The highest BCUT2D eigenvalue weighted by molar-refractivity contribution is 7.93. The fourth-order valence-electron chi connectivity index (χ4n) is 3.42. The Labute approximate surface area is 212 Å². The molecule has 0 saturated carbocycles. The van der Waals surface area contributed by atoms with Crippen LogP contribution in [0.25, 0.3) is 16.9 Å². The summed E-state index contributed by atoms with van der Waals surface area (Å²) < 4.78 is 58.4. The molecule has 0 aliphatic carbocycles. The van der Waals surface area contributed by atoms with Gasteiger partial charge >= 0.3 is 0 Å². The third kappa shape index (κ3) is 5.00. The average Bonchev–Trinajstić information content (AvgIpc) is 3.56. The molecule has 9 nitrogen and oxygen atoms in total. The van der Waals surface area contributed by atoms with Crippen molar-refractivity contribution in [1.82, 2.24) is 14.8 Å². The standard InChI is InChI=1S/C24H19N5O4S3/c30-35(31,28-24-25-15-16-34-24)21-13-11-19(12-14-21)27-36(32,33)22-17-29(20-9-5-2-6-10-20)26-23(22)18-7-3-1-4-8-18/h1-17,27H,(H,25,28). The van der Waals surface area contributed by atoms with Gasteiger partial charge in [-0.25, -0.2) is 26.5 Å². The number of nitrogens with zero attached hydrogens (tertiary/aromatic N) is 3. The largest absolute Gasteiger partial charge is 0.280 e. The average molecular weight is 538 g/mol. The monoisotopic (exact) mass is 537 g/mol. The summed E-state index contributed by atoms with van der Waals surface area (Å²) in [5.74, 6) is 0. The van der Waals surface area contributed by atoms with E-state index in [0.29, 0.717) is 16.9 Å². The Hall–Kier alpha value is -4.00. The second-order valence-corrected chi connectivity index (χ2v) is 11.8. The first-order chi connectivity index (χ1) is 17.3. The molecule has 0 aliphatic heterocycles. The van der Waals surface area contributed by atoms with Crippen LogP contribution in [0.4, 0.5) is 10.8 Å². The van der Waals surface area contributed by atoms with E-state index >= 15 is 0 Å². The summed E-state index contributed by atoms with van der Waals surface area (Å²) >= 11 is 1.15. The van der Waals surface area contributed by atoms with Crippen LogP contribution in [0.5, 0.6) is 0 Å². The number of anilines is 2. The Kier molecular flexibility index (Phi) is 6.31. The van der Waals surface area contributed by atoms with Crippen LogP contribution in [0.1, 0.15) is 0 Å². The smallest absolute Gasteiger partial charge is 0.265 e. The molecule has 0 atom stereocenters. The van der Waals surface area contributed by atoms with Crippen molar-refractivity contribution < 1.29 is 16.8 Å². The number of hydrogen-bond donors (Lipinski definition) is 2. The van der Waals surface area contributed by atoms with Gasteiger partial charge in [0.15, 0.2) is 5.13 Å². The number of rotatable bonds is 8. The maximum Gasteiger partial charge on any atom is 0.265 e. The van der Waals surface area contributed by atoms with Gasteiger partial charge in [0.25, 0.3) is 20.0 Å². The lowest BCUT2D eigenvalue weighted by Gasteiger charge is -2.10. The number of nitrogens with one attached hydrogen (secondary N) is 2. The molecule has 0 spiro atoms. The highest BCUT2D eigenvalue weighted by atomic mass is 32.2. The van der Waals surface area contributed by atoms with Crippen molar-refractivity contribution in [2.24, 2.45) is 0 Å². The SMILES string of the molecule is O=S(=O)(Nc1nccs1)c1ccc(NS(=O)(=O)c2cn(-c3ccccc3)nc2-c2ccccc2)cc1. The number of thiazole rings is 1. The van der Waals surface area contributed by atoms with Crippen molar-refractivity contribution in [2.75, 3.05) is 9.44 Å². The van der Waals surface area contributed by atoms with Gasteiger partial charge in [-0.1, -0.05) is 48.5 Å². The van der Waals surface area contributed by atoms with Crippen LogP contribution in [-0.2, 0) is 20.0 Å². The second-order valence-electron chi connectivity index (χ2n) is 7.56. The lowest BCUT2D eigenvalue weighted by atomic mass is 10.2. The minimum Gasteiger partial charge on any atom is -0.280 e. The summed E-state index contributed by atoms with van der Waals surface area (Å²) in [6, 6.07) is 23.6. The van der Waals surface area contributed by atoms with Crippen molar-refractivity contribution in [3.8, 4) is 16.9 Å². The minimum atomic E-state index is -4.08. The van der Waals surface area contributed by atoms with Gasteiger partial charge in [-0.05, 0) is 36.4 Å². The quantitative estimate of drug-likeness (QED) is 0.298. The van der Waals surface area contributed by atoms with E-state index < -0.39 is 20.0 Å². The fraction of sp³-hybridized carbons (Fsp3) is 0. The molecule has 2 aromatic heterocycles. The molecule has 5 aromatic rings. The topological polar surface area (TPSA) is 123 Å². The van der Waals surface area contributed by atoms with Gasteiger partial charge in [0.1, 0.15) is 10.6 Å². The molecule has 182 valence electrons. The number of benzene rings is 3. The van der Waals surface area contributed by atoms with Crippen molar-refractivity contribution in [3.05, 3.63) is 103 Å². The predicted molar refractivity (Wildman–Crippen MR) is 139 cm³/mol. The molecule has 2 N–H and O–H groups in total. The lowest BCUT2D eigenvalue weighted by molar-refractivity contribution is 0.600. The maximum atomic E-state index is 13.4. The van der Waals surface area contributed by atoms with E-state index in [1.165, 1.54) is 41.3 Å². The molecule has 0 fully saturated rings. The zero-order valence-corrected chi connectivity index (χ0v) is 21.0. The van der Waals surface area contributed by atoms with Crippen LogP contribution < -0.4 is 9.44 Å². The summed E-state index contributed by atoms with van der Waals surface area (Å²) in [6.45, 7) is 0. The van der Waals surface area contributed by atoms with Crippen LogP contribution in [0, 0.1) is 0 Å². The first-order valence-electron chi connectivity index (χ1n) is 10.6. The molecule has 36 heavy (non-hydrogen) atoms. The van der Waals surface area contributed by atoms with Crippen molar-refractivity contribution in [2.45, 2.75) is 9.79 Å². The molecule has 0 bridgehead atoms. The van der Waals surface area contributed by atoms with Gasteiger partial charge in [0.2, 0.25) is 0 Å². The van der Waals surface area contributed by atoms with Crippen LogP contribution in [-0.4, -0.2) is 31.6 Å². The first-order valence-corrected chi connectivity index (χ1v) is 14.4. The number of aromatic nitrogens is 3. The predicted octanol–water partition coefficient (Wildman–Crippen LogP) is 4.60. The molecule has 5 rings (SSSR count). The van der Waals surface area contributed by atoms with E-state index in [0.717, 1.165) is 11.3 Å². The van der Waals surface area contributed by atoms with E-state index in [1.807, 2.05) is 36.4 Å². The maximum absolute atomic E-state index is 13.4. The molecule has 2 heterocycles. The Morgan fingerprint density at radius 3 is 2.06 bits per heavy atom. The first kappa shape index (κ1) is 23.7. The molecule has 0 aliphatic rings. The second kappa shape index (κ2) is 9.57. The molecule has 12 heteroatoms. The highest BCUT2D eigenvalue weighted by Gasteiger charge is 2.25. The molecule has 3 aromatic carbocycles. The molecular weight excluding hydrogens is 518 g/mol. The molecule has 0 amide bonds. The fourth-order valence-corrected chi connectivity index (χ4v) is 6.42. The van der Waals surface area contributed by atoms with Gasteiger partial charge in [-0.3, -0.25) is 9.44 Å². The van der Waals surface area contributed by atoms with Crippen LogP contribution in [0.3, 0.4) is 0 Å². The van der Waals surface area contributed by atoms with Crippen molar-refractivity contribution in [3.63, 3.8) is 0 Å². The van der Waals surface area contributed by atoms with Gasteiger partial charge < -0.3 is 0 Å². The molecule has 0 unspecified atom stereocenters. The Bertz CT molecular complexity index is 1680. The third-order valence-corrected chi connectivity index (χ3v) is 8.66. The molecular formula is C24H19N5O4S3. The summed E-state index contributed by atoms with van der Waals surface area (Å²) in [6.07, 6.45) is 2.95. The Balaban J connectivity index is 1.46. The van der Waals surface area contributed by atoms with E-state index in [4.69, 9.17) is 0 Å². The number of hydrogen-bond acceptors (Lipinski definition) is 7.